The molecule has 2 saturated heterocycles. The number of hydrogen-bond acceptors (Lipinski definition) is 5. The molecule has 1 aromatic rings. The monoisotopic (exact) mass is 305 g/mol. The number of benzene rings is 1. The quantitative estimate of drug-likeness (QED) is 0.882. The van der Waals surface area contributed by atoms with Gasteiger partial charge >= 0.3 is 6.09 Å². The smallest absolute Gasteiger partial charge is 0.414 e. The maximum atomic E-state index is 11.9. The Hall–Kier alpha value is -2.12. The molecule has 1 atom stereocenters. The summed E-state index contributed by atoms with van der Waals surface area (Å²) in [6, 6.07) is 7.36. The zero-order chi connectivity index (χ0) is 15.5. The van der Waals surface area contributed by atoms with Crippen molar-refractivity contribution >= 4 is 23.4 Å². The maximum absolute atomic E-state index is 11.9. The molecule has 1 aromatic carbocycles. The number of ether oxygens (including phenoxy) is 2. The van der Waals surface area contributed by atoms with Crippen molar-refractivity contribution in [2.75, 3.05) is 49.7 Å². The molecule has 3 rings (SSSR count). The van der Waals surface area contributed by atoms with Gasteiger partial charge in [-0.1, -0.05) is 0 Å². The minimum Gasteiger partial charge on any atom is -0.443 e. The first-order chi connectivity index (χ1) is 10.7. The van der Waals surface area contributed by atoms with Crippen LogP contribution in [-0.4, -0.2) is 58.0 Å². The summed E-state index contributed by atoms with van der Waals surface area (Å²) in [6.07, 6.45) is -0.478. The standard InChI is InChI=1S/C15H19N3O4/c1-16-8-13-9-18(15(20)22-13)12-4-2-11(3-5-12)17-6-7-21-10-14(17)19/h2-5,13,16H,6-10H2,1H3. The lowest BCUT2D eigenvalue weighted by Crippen LogP contribution is -2.41. The number of rotatable bonds is 4. The number of carbonyl (C=O) groups excluding carboxylic acids is 2. The molecule has 2 fully saturated rings. The number of amides is 2. The Morgan fingerprint density at radius 1 is 1.18 bits per heavy atom. The van der Waals surface area contributed by atoms with E-state index >= 15 is 0 Å². The van der Waals surface area contributed by atoms with Crippen LogP contribution in [0.2, 0.25) is 0 Å². The minimum absolute atomic E-state index is 0.0475. The SMILES string of the molecule is CNCC1CN(c2ccc(N3CCOCC3=O)cc2)C(=O)O1. The Labute approximate surface area is 128 Å². The van der Waals surface area contributed by atoms with E-state index in [1.165, 1.54) is 0 Å². The molecule has 0 saturated carbocycles. The summed E-state index contributed by atoms with van der Waals surface area (Å²) in [5.74, 6) is -0.0475. The maximum Gasteiger partial charge on any atom is 0.414 e. The van der Waals surface area contributed by atoms with Crippen LogP contribution in [0.25, 0.3) is 0 Å². The van der Waals surface area contributed by atoms with Gasteiger partial charge in [-0.15, -0.1) is 0 Å². The van der Waals surface area contributed by atoms with Crippen molar-refractivity contribution in [1.29, 1.82) is 0 Å². The van der Waals surface area contributed by atoms with Crippen molar-refractivity contribution in [3.63, 3.8) is 0 Å². The van der Waals surface area contributed by atoms with Crippen molar-refractivity contribution in [3.8, 4) is 0 Å². The van der Waals surface area contributed by atoms with Crippen LogP contribution < -0.4 is 15.1 Å². The van der Waals surface area contributed by atoms with Crippen LogP contribution in [0.1, 0.15) is 0 Å². The fourth-order valence-electron chi connectivity index (χ4n) is 2.67. The van der Waals surface area contributed by atoms with E-state index in [-0.39, 0.29) is 24.7 Å². The molecule has 1 N–H and O–H groups in total. The Morgan fingerprint density at radius 2 is 1.86 bits per heavy atom. The largest absolute Gasteiger partial charge is 0.443 e. The molecule has 118 valence electrons. The lowest BCUT2D eigenvalue weighted by molar-refractivity contribution is -0.125. The molecule has 2 heterocycles. The van der Waals surface area contributed by atoms with Crippen LogP contribution >= 0.6 is 0 Å². The van der Waals surface area contributed by atoms with Gasteiger partial charge in [-0.25, -0.2) is 4.79 Å². The summed E-state index contributed by atoms with van der Waals surface area (Å²) in [4.78, 5) is 27.0. The van der Waals surface area contributed by atoms with Gasteiger partial charge in [-0.2, -0.15) is 0 Å². The third kappa shape index (κ3) is 2.90. The molecule has 1 unspecified atom stereocenters. The molecular formula is C15H19N3O4. The number of cyclic esters (lactones) is 1. The first kappa shape index (κ1) is 14.8. The van der Waals surface area contributed by atoms with Gasteiger partial charge in [0.1, 0.15) is 12.7 Å². The number of nitrogens with zero attached hydrogens (tertiary/aromatic N) is 2. The second-order valence-electron chi connectivity index (χ2n) is 5.29. The van der Waals surface area contributed by atoms with Crippen molar-refractivity contribution in [2.24, 2.45) is 0 Å². The predicted molar refractivity (Wildman–Crippen MR) is 81.2 cm³/mol. The Bertz CT molecular complexity index is 560. The number of nitrogens with one attached hydrogen (secondary N) is 1. The van der Waals surface area contributed by atoms with E-state index in [0.29, 0.717) is 26.2 Å². The Balaban J connectivity index is 1.71. The number of hydrogen-bond donors (Lipinski definition) is 1. The topological polar surface area (TPSA) is 71.1 Å². The number of likely N-dealkylation sites (N-methyl/N-ethyl adjacent to an activating group) is 1. The summed E-state index contributed by atoms with van der Waals surface area (Å²) in [6.45, 7) is 2.36. The highest BCUT2D eigenvalue weighted by atomic mass is 16.6. The van der Waals surface area contributed by atoms with Gasteiger partial charge in [-0.3, -0.25) is 9.69 Å². The van der Waals surface area contributed by atoms with Crippen LogP contribution in [0.4, 0.5) is 16.2 Å². The molecule has 7 nitrogen and oxygen atoms in total. The average Bonchev–Trinajstić information content (AvgIpc) is 2.89. The molecular weight excluding hydrogens is 286 g/mol. The van der Waals surface area contributed by atoms with Gasteiger partial charge < -0.3 is 19.7 Å². The van der Waals surface area contributed by atoms with E-state index < -0.39 is 0 Å². The lowest BCUT2D eigenvalue weighted by Gasteiger charge is -2.27. The van der Waals surface area contributed by atoms with Crippen molar-refractivity contribution in [1.82, 2.24) is 5.32 Å². The molecule has 2 amide bonds. The molecule has 7 heteroatoms. The lowest BCUT2D eigenvalue weighted by atomic mass is 10.2. The molecule has 2 aliphatic rings. The normalized spacial score (nSPS) is 22.1. The van der Waals surface area contributed by atoms with E-state index in [2.05, 4.69) is 5.32 Å². The fourth-order valence-corrected chi connectivity index (χ4v) is 2.67. The van der Waals surface area contributed by atoms with Crippen LogP contribution in [0.3, 0.4) is 0 Å². The average molecular weight is 305 g/mol. The van der Waals surface area contributed by atoms with Crippen LogP contribution in [0, 0.1) is 0 Å². The third-order valence-electron chi connectivity index (χ3n) is 3.76. The Morgan fingerprint density at radius 3 is 2.50 bits per heavy atom. The van der Waals surface area contributed by atoms with Gasteiger partial charge in [0.25, 0.3) is 5.91 Å². The molecule has 22 heavy (non-hydrogen) atoms. The second-order valence-corrected chi connectivity index (χ2v) is 5.29. The summed E-state index contributed by atoms with van der Waals surface area (Å²) in [5, 5.41) is 3.00. The molecule has 0 spiro atoms. The van der Waals surface area contributed by atoms with Gasteiger partial charge in [0, 0.05) is 24.5 Å². The molecule has 0 aromatic heterocycles. The summed E-state index contributed by atoms with van der Waals surface area (Å²) < 4.78 is 10.4. The van der Waals surface area contributed by atoms with E-state index in [1.54, 1.807) is 9.80 Å². The predicted octanol–water partition coefficient (Wildman–Crippen LogP) is 0.594. The second kappa shape index (κ2) is 6.33. The van der Waals surface area contributed by atoms with E-state index in [0.717, 1.165) is 11.4 Å². The molecule has 0 aliphatic carbocycles. The summed E-state index contributed by atoms with van der Waals surface area (Å²) in [7, 11) is 1.82. The highest BCUT2D eigenvalue weighted by Crippen LogP contribution is 2.25. The van der Waals surface area contributed by atoms with Crippen LogP contribution in [-0.2, 0) is 14.3 Å². The van der Waals surface area contributed by atoms with Gasteiger partial charge in [0.05, 0.1) is 13.2 Å². The van der Waals surface area contributed by atoms with Gasteiger partial charge in [0.2, 0.25) is 0 Å². The minimum atomic E-state index is -0.338. The van der Waals surface area contributed by atoms with E-state index in [9.17, 15) is 9.59 Å². The first-order valence-corrected chi connectivity index (χ1v) is 7.30. The van der Waals surface area contributed by atoms with E-state index in [1.807, 2.05) is 31.3 Å². The van der Waals surface area contributed by atoms with Crippen molar-refractivity contribution in [3.05, 3.63) is 24.3 Å². The van der Waals surface area contributed by atoms with E-state index in [4.69, 9.17) is 9.47 Å². The summed E-state index contributed by atoms with van der Waals surface area (Å²) >= 11 is 0. The number of anilines is 2. The molecule has 0 radical (unpaired) electrons. The zero-order valence-electron chi connectivity index (χ0n) is 12.4. The highest BCUT2D eigenvalue weighted by molar-refractivity contribution is 5.95. The van der Waals surface area contributed by atoms with Gasteiger partial charge in [-0.05, 0) is 31.3 Å². The molecule has 0 bridgehead atoms. The highest BCUT2D eigenvalue weighted by Gasteiger charge is 2.32. The van der Waals surface area contributed by atoms with Crippen molar-refractivity contribution in [2.45, 2.75) is 6.10 Å². The first-order valence-electron chi connectivity index (χ1n) is 7.30. The zero-order valence-corrected chi connectivity index (χ0v) is 12.4. The van der Waals surface area contributed by atoms with Crippen LogP contribution in [0.15, 0.2) is 24.3 Å². The third-order valence-corrected chi connectivity index (χ3v) is 3.76. The molecule has 2 aliphatic heterocycles. The van der Waals surface area contributed by atoms with Crippen molar-refractivity contribution < 1.29 is 19.1 Å². The number of morpholine rings is 1. The Kier molecular flexibility index (Phi) is 4.26. The number of carbonyl (C=O) groups is 2. The van der Waals surface area contributed by atoms with Gasteiger partial charge in [0.15, 0.2) is 0 Å². The van der Waals surface area contributed by atoms with Crippen LogP contribution in [0.5, 0.6) is 0 Å². The fraction of sp³-hybridized carbons (Fsp3) is 0.467. The summed E-state index contributed by atoms with van der Waals surface area (Å²) in [5.41, 5.74) is 1.59.